The van der Waals surface area contributed by atoms with E-state index in [0.29, 0.717) is 13.2 Å². The Hall–Kier alpha value is -2.58. The topological polar surface area (TPSA) is 125 Å². The molecule has 1 aromatic rings. The second-order valence-electron chi connectivity index (χ2n) is 4.73. The summed E-state index contributed by atoms with van der Waals surface area (Å²) in [5.41, 5.74) is 1.08. The molecule has 4 N–H and O–H groups in total. The van der Waals surface area contributed by atoms with Crippen molar-refractivity contribution in [3.05, 3.63) is 36.4 Å². The minimum atomic E-state index is -1.82. The lowest BCUT2D eigenvalue weighted by molar-refractivity contribution is -0.159. The van der Waals surface area contributed by atoms with Crippen LogP contribution in [0.1, 0.15) is 12.0 Å². The number of hydrogen-bond acceptors (Lipinski definition) is 6. The molecule has 8 nitrogen and oxygen atoms in total. The zero-order valence-electron chi connectivity index (χ0n) is 14.2. The Bertz CT molecular complexity index is 534. The number of para-hydroxylation sites is 1. The van der Waals surface area contributed by atoms with Crippen LogP contribution in [0.2, 0.25) is 0 Å². The van der Waals surface area contributed by atoms with Gasteiger partial charge in [0.05, 0.1) is 20.3 Å². The maximum atomic E-state index is 9.10. The van der Waals surface area contributed by atoms with Crippen molar-refractivity contribution in [1.29, 1.82) is 0 Å². The summed E-state index contributed by atoms with van der Waals surface area (Å²) < 4.78 is 11.1. The summed E-state index contributed by atoms with van der Waals surface area (Å²) in [7, 11) is 1.64. The first-order valence-electron chi connectivity index (χ1n) is 7.65. The van der Waals surface area contributed by atoms with Crippen LogP contribution in [0.4, 0.5) is 0 Å². The van der Waals surface area contributed by atoms with Gasteiger partial charge in [-0.25, -0.2) is 9.59 Å². The summed E-state index contributed by atoms with van der Waals surface area (Å²) in [4.78, 5) is 18.2. The van der Waals surface area contributed by atoms with Crippen molar-refractivity contribution in [3.63, 3.8) is 0 Å². The molecule has 0 amide bonds. The highest BCUT2D eigenvalue weighted by atomic mass is 16.5. The number of carbonyl (C=O) groups is 2. The van der Waals surface area contributed by atoms with Gasteiger partial charge in [0, 0.05) is 12.1 Å². The highest BCUT2D eigenvalue weighted by Gasteiger charge is 2.09. The van der Waals surface area contributed by atoms with Crippen molar-refractivity contribution < 1.29 is 34.4 Å². The summed E-state index contributed by atoms with van der Waals surface area (Å²) in [6, 6.07) is 5.86. The second kappa shape index (κ2) is 13.8. The van der Waals surface area contributed by atoms with E-state index in [-0.39, 0.29) is 6.61 Å². The maximum Gasteiger partial charge on any atom is 0.414 e. The predicted octanol–water partition coefficient (Wildman–Crippen LogP) is 0.930. The quantitative estimate of drug-likeness (QED) is 0.277. The average Bonchev–Trinajstić information content (AvgIpc) is 2.59. The van der Waals surface area contributed by atoms with Gasteiger partial charge in [-0.05, 0) is 25.5 Å². The Kier molecular flexibility index (Phi) is 12.4. The maximum absolute atomic E-state index is 9.10. The summed E-state index contributed by atoms with van der Waals surface area (Å²) in [6.07, 6.45) is 3.49. The fourth-order valence-corrected chi connectivity index (χ4v) is 1.78. The van der Waals surface area contributed by atoms with E-state index in [2.05, 4.69) is 11.9 Å². The number of allylic oxidation sites excluding steroid dienone is 1. The molecule has 8 heteroatoms. The van der Waals surface area contributed by atoms with Crippen molar-refractivity contribution in [1.82, 2.24) is 5.32 Å². The number of nitrogens with one attached hydrogen (secondary N) is 1. The Morgan fingerprint density at radius 2 is 1.92 bits per heavy atom. The molecule has 0 unspecified atom stereocenters. The number of aliphatic carboxylic acids is 2. The van der Waals surface area contributed by atoms with Gasteiger partial charge < -0.3 is 30.1 Å². The fraction of sp³-hybridized carbons (Fsp3) is 0.412. The van der Waals surface area contributed by atoms with E-state index in [4.69, 9.17) is 34.4 Å². The van der Waals surface area contributed by atoms with Gasteiger partial charge >= 0.3 is 11.9 Å². The van der Waals surface area contributed by atoms with Crippen molar-refractivity contribution in [2.24, 2.45) is 0 Å². The van der Waals surface area contributed by atoms with Gasteiger partial charge in [-0.1, -0.05) is 18.2 Å². The Labute approximate surface area is 146 Å². The highest BCUT2D eigenvalue weighted by Crippen LogP contribution is 2.31. The highest BCUT2D eigenvalue weighted by molar-refractivity contribution is 6.27. The molecule has 0 heterocycles. The lowest BCUT2D eigenvalue weighted by Crippen LogP contribution is -2.21. The molecule has 0 aliphatic rings. The molecule has 0 aliphatic carbocycles. The molecule has 1 aromatic carbocycles. The van der Waals surface area contributed by atoms with Crippen LogP contribution in [-0.4, -0.2) is 60.7 Å². The molecule has 25 heavy (non-hydrogen) atoms. The number of aliphatic hydroxyl groups is 1. The molecule has 0 saturated carbocycles. The number of carboxylic acid groups (broad SMARTS) is 2. The van der Waals surface area contributed by atoms with E-state index >= 15 is 0 Å². The SMILES string of the molecule is C=CCc1cccc(OC)c1OCCCNCCO.O=C(O)C(=O)O. The number of methoxy groups -OCH3 is 1. The largest absolute Gasteiger partial charge is 0.493 e. The first kappa shape index (κ1) is 22.4. The zero-order valence-corrected chi connectivity index (χ0v) is 14.2. The summed E-state index contributed by atoms with van der Waals surface area (Å²) in [5, 5.41) is 26.5. The zero-order chi connectivity index (χ0) is 19.1. The Morgan fingerprint density at radius 1 is 1.24 bits per heavy atom. The number of benzene rings is 1. The normalized spacial score (nSPS) is 9.52. The van der Waals surface area contributed by atoms with Crippen molar-refractivity contribution in [2.45, 2.75) is 12.8 Å². The minimum Gasteiger partial charge on any atom is -0.493 e. The summed E-state index contributed by atoms with van der Waals surface area (Å²) in [5.74, 6) is -2.10. The third-order valence-electron chi connectivity index (χ3n) is 2.86. The molecule has 0 bridgehead atoms. The molecule has 0 spiro atoms. The van der Waals surface area contributed by atoms with E-state index in [9.17, 15) is 0 Å². The number of rotatable bonds is 10. The number of carboxylic acids is 2. The monoisotopic (exact) mass is 355 g/mol. The number of hydrogen-bond donors (Lipinski definition) is 4. The molecule has 0 fully saturated rings. The standard InChI is InChI=1S/C15H23NO3.C2H2O4/c1-3-6-13-7-4-8-14(18-2)15(13)19-12-5-9-16-10-11-17;3-1(4)2(5)6/h3-4,7-8,16-17H,1,5-6,9-12H2,2H3;(H,3,4)(H,5,6). The van der Waals surface area contributed by atoms with Crippen LogP contribution < -0.4 is 14.8 Å². The van der Waals surface area contributed by atoms with Gasteiger partial charge in [0.2, 0.25) is 0 Å². The van der Waals surface area contributed by atoms with Crippen LogP contribution in [-0.2, 0) is 16.0 Å². The molecular formula is C17H25NO7. The molecule has 0 aromatic heterocycles. The fourth-order valence-electron chi connectivity index (χ4n) is 1.78. The lowest BCUT2D eigenvalue weighted by Gasteiger charge is -2.14. The van der Waals surface area contributed by atoms with E-state index in [1.54, 1.807) is 7.11 Å². The summed E-state index contributed by atoms with van der Waals surface area (Å²) >= 11 is 0. The van der Waals surface area contributed by atoms with Crippen molar-refractivity contribution in [3.8, 4) is 11.5 Å². The third-order valence-corrected chi connectivity index (χ3v) is 2.86. The Morgan fingerprint density at radius 3 is 2.44 bits per heavy atom. The van der Waals surface area contributed by atoms with Gasteiger partial charge in [-0.15, -0.1) is 6.58 Å². The van der Waals surface area contributed by atoms with E-state index in [0.717, 1.165) is 36.4 Å². The van der Waals surface area contributed by atoms with Crippen LogP contribution >= 0.6 is 0 Å². The van der Waals surface area contributed by atoms with Gasteiger partial charge in [0.25, 0.3) is 0 Å². The third kappa shape index (κ3) is 10.0. The van der Waals surface area contributed by atoms with Crippen molar-refractivity contribution >= 4 is 11.9 Å². The van der Waals surface area contributed by atoms with Gasteiger partial charge in [-0.2, -0.15) is 0 Å². The van der Waals surface area contributed by atoms with Crippen LogP contribution in [0.3, 0.4) is 0 Å². The van der Waals surface area contributed by atoms with E-state index in [1.165, 1.54) is 0 Å². The molecule has 0 saturated heterocycles. The first-order valence-corrected chi connectivity index (χ1v) is 7.65. The average molecular weight is 355 g/mol. The van der Waals surface area contributed by atoms with Crippen LogP contribution in [0.15, 0.2) is 30.9 Å². The smallest absolute Gasteiger partial charge is 0.414 e. The van der Waals surface area contributed by atoms with E-state index < -0.39 is 11.9 Å². The van der Waals surface area contributed by atoms with Gasteiger partial charge in [0.1, 0.15) is 0 Å². The molecular weight excluding hydrogens is 330 g/mol. The second-order valence-corrected chi connectivity index (χ2v) is 4.73. The lowest BCUT2D eigenvalue weighted by atomic mass is 10.1. The molecule has 140 valence electrons. The molecule has 1 rings (SSSR count). The van der Waals surface area contributed by atoms with Gasteiger partial charge in [0.15, 0.2) is 11.5 Å². The Balaban J connectivity index is 0.000000823. The van der Waals surface area contributed by atoms with Gasteiger partial charge in [-0.3, -0.25) is 0 Å². The van der Waals surface area contributed by atoms with Crippen LogP contribution in [0.25, 0.3) is 0 Å². The van der Waals surface area contributed by atoms with Crippen LogP contribution in [0.5, 0.6) is 11.5 Å². The molecule has 0 atom stereocenters. The van der Waals surface area contributed by atoms with Crippen molar-refractivity contribution in [2.75, 3.05) is 33.4 Å². The van der Waals surface area contributed by atoms with Crippen LogP contribution in [0, 0.1) is 0 Å². The molecule has 0 aliphatic heterocycles. The number of aliphatic hydroxyl groups excluding tert-OH is 1. The minimum absolute atomic E-state index is 0.164. The summed E-state index contributed by atoms with van der Waals surface area (Å²) in [6.45, 7) is 5.98. The number of ether oxygens (including phenoxy) is 2. The first-order chi connectivity index (χ1) is 12.0. The van der Waals surface area contributed by atoms with E-state index in [1.807, 2.05) is 24.3 Å². The molecule has 0 radical (unpaired) electrons. The predicted molar refractivity (Wildman–Crippen MR) is 92.2 cm³/mol.